The molecule has 1 amide bonds. The maximum absolute atomic E-state index is 14.1. The van der Waals surface area contributed by atoms with Crippen molar-refractivity contribution in [3.63, 3.8) is 0 Å². The summed E-state index contributed by atoms with van der Waals surface area (Å²) >= 11 is 0. The average molecular weight is 513 g/mol. The van der Waals surface area contributed by atoms with Gasteiger partial charge in [0.25, 0.3) is 0 Å². The van der Waals surface area contributed by atoms with Crippen LogP contribution in [-0.2, 0) is 29.0 Å². The quantitative estimate of drug-likeness (QED) is 0.481. The standard InChI is InChI=1S/C26H30F2N6O3/c1-3-34-14-17(13-29-34)25-26(31-21-8-11-33(15-22(21)30-25)24(35)16-36-2)32-9-6-19(7-10-32)37-23-5-4-18(27)12-20(23)28/h4-5,12-14,19H,3,6-11,15-16H2,1-2H3. The third kappa shape index (κ3) is 5.41. The Hall–Kier alpha value is -3.60. The van der Waals surface area contributed by atoms with Gasteiger partial charge in [0.2, 0.25) is 5.91 Å². The van der Waals surface area contributed by atoms with Crippen LogP contribution in [0.2, 0.25) is 0 Å². The predicted molar refractivity (Wildman–Crippen MR) is 132 cm³/mol. The van der Waals surface area contributed by atoms with E-state index in [4.69, 9.17) is 19.4 Å². The smallest absolute Gasteiger partial charge is 0.248 e. The third-order valence-electron chi connectivity index (χ3n) is 6.77. The van der Waals surface area contributed by atoms with Crippen LogP contribution in [0, 0.1) is 11.6 Å². The number of aromatic nitrogens is 4. The highest BCUT2D eigenvalue weighted by Gasteiger charge is 2.29. The molecule has 1 saturated heterocycles. The summed E-state index contributed by atoms with van der Waals surface area (Å²) in [4.78, 5) is 26.4. The van der Waals surface area contributed by atoms with Gasteiger partial charge in [0.15, 0.2) is 17.4 Å². The second-order valence-electron chi connectivity index (χ2n) is 9.25. The minimum atomic E-state index is -0.698. The molecule has 2 aliphatic rings. The largest absolute Gasteiger partial charge is 0.487 e. The molecule has 3 aromatic rings. The Labute approximate surface area is 214 Å². The molecule has 4 heterocycles. The van der Waals surface area contributed by atoms with E-state index in [1.54, 1.807) is 11.1 Å². The highest BCUT2D eigenvalue weighted by Crippen LogP contribution is 2.33. The van der Waals surface area contributed by atoms with E-state index in [1.165, 1.54) is 19.2 Å². The van der Waals surface area contributed by atoms with E-state index in [0.717, 1.165) is 41.1 Å². The molecule has 0 radical (unpaired) electrons. The molecule has 0 atom stereocenters. The number of hydrogen-bond donors (Lipinski definition) is 0. The number of hydrogen-bond acceptors (Lipinski definition) is 7. The summed E-state index contributed by atoms with van der Waals surface area (Å²) in [5, 5.41) is 4.42. The highest BCUT2D eigenvalue weighted by atomic mass is 19.1. The molecule has 196 valence electrons. The van der Waals surface area contributed by atoms with Crippen molar-refractivity contribution < 1.29 is 23.0 Å². The van der Waals surface area contributed by atoms with Gasteiger partial charge in [-0.25, -0.2) is 18.7 Å². The van der Waals surface area contributed by atoms with E-state index in [9.17, 15) is 13.6 Å². The molecule has 0 N–H and O–H groups in total. The fourth-order valence-electron chi connectivity index (χ4n) is 4.76. The number of anilines is 1. The second kappa shape index (κ2) is 10.8. The monoisotopic (exact) mass is 512 g/mol. The van der Waals surface area contributed by atoms with Gasteiger partial charge < -0.3 is 19.3 Å². The van der Waals surface area contributed by atoms with E-state index in [1.807, 2.05) is 17.8 Å². The van der Waals surface area contributed by atoms with Crippen LogP contribution in [0.1, 0.15) is 31.2 Å². The lowest BCUT2D eigenvalue weighted by atomic mass is 10.1. The van der Waals surface area contributed by atoms with Crippen LogP contribution in [0.25, 0.3) is 11.3 Å². The molecule has 9 nitrogen and oxygen atoms in total. The van der Waals surface area contributed by atoms with Crippen LogP contribution in [0.3, 0.4) is 0 Å². The SMILES string of the molecule is CCn1cc(-c2nc3c(nc2N2CCC(Oc4ccc(F)cc4F)CC2)CCN(C(=O)COC)C3)cn1. The summed E-state index contributed by atoms with van der Waals surface area (Å²) in [7, 11) is 1.51. The predicted octanol–water partition coefficient (Wildman–Crippen LogP) is 3.22. The number of benzene rings is 1. The Balaban J connectivity index is 1.38. The normalized spacial score (nSPS) is 16.1. The van der Waals surface area contributed by atoms with Gasteiger partial charge in [-0.2, -0.15) is 5.10 Å². The lowest BCUT2D eigenvalue weighted by Crippen LogP contribution is -2.41. The number of fused-ring (bicyclic) bond motifs is 1. The lowest BCUT2D eigenvalue weighted by molar-refractivity contribution is -0.136. The number of nitrogens with zero attached hydrogens (tertiary/aromatic N) is 6. The van der Waals surface area contributed by atoms with Gasteiger partial charge in [-0.1, -0.05) is 0 Å². The van der Waals surface area contributed by atoms with Crippen molar-refractivity contribution >= 4 is 11.7 Å². The van der Waals surface area contributed by atoms with Crippen LogP contribution in [0.5, 0.6) is 5.75 Å². The summed E-state index contributed by atoms with van der Waals surface area (Å²) in [6.45, 7) is 5.03. The zero-order chi connectivity index (χ0) is 25.9. The van der Waals surface area contributed by atoms with E-state index >= 15 is 0 Å². The number of ether oxygens (including phenoxy) is 2. The minimum absolute atomic E-state index is 0.0375. The van der Waals surface area contributed by atoms with E-state index in [2.05, 4.69) is 10.00 Å². The first-order valence-electron chi connectivity index (χ1n) is 12.5. The highest BCUT2D eigenvalue weighted by molar-refractivity contribution is 5.78. The summed E-state index contributed by atoms with van der Waals surface area (Å²) in [6.07, 6.45) is 5.47. The van der Waals surface area contributed by atoms with E-state index < -0.39 is 11.6 Å². The first-order chi connectivity index (χ1) is 17.9. The van der Waals surface area contributed by atoms with Crippen molar-refractivity contribution in [2.75, 3.05) is 38.3 Å². The van der Waals surface area contributed by atoms with Gasteiger partial charge in [0, 0.05) is 70.4 Å². The Morgan fingerprint density at radius 3 is 2.65 bits per heavy atom. The molecule has 0 bridgehead atoms. The fourth-order valence-corrected chi connectivity index (χ4v) is 4.76. The number of methoxy groups -OCH3 is 1. The lowest BCUT2D eigenvalue weighted by Gasteiger charge is -2.35. The molecule has 37 heavy (non-hydrogen) atoms. The number of carbonyl (C=O) groups excluding carboxylic acids is 1. The van der Waals surface area contributed by atoms with Gasteiger partial charge in [0.1, 0.15) is 24.2 Å². The zero-order valence-electron chi connectivity index (χ0n) is 21.0. The number of carbonyl (C=O) groups is 1. The van der Waals surface area contributed by atoms with Crippen molar-refractivity contribution in [3.05, 3.63) is 53.6 Å². The topological polar surface area (TPSA) is 85.6 Å². The van der Waals surface area contributed by atoms with Gasteiger partial charge in [0.05, 0.1) is 24.1 Å². The van der Waals surface area contributed by atoms with Crippen molar-refractivity contribution in [2.45, 2.75) is 45.4 Å². The molecule has 0 aliphatic carbocycles. The number of piperidine rings is 1. The van der Waals surface area contributed by atoms with Gasteiger partial charge in [-0.15, -0.1) is 0 Å². The summed E-state index contributed by atoms with van der Waals surface area (Å²) in [6, 6.07) is 3.36. The van der Waals surface area contributed by atoms with Gasteiger partial charge in [-0.3, -0.25) is 9.48 Å². The van der Waals surface area contributed by atoms with E-state index in [-0.39, 0.29) is 24.4 Å². The van der Waals surface area contributed by atoms with Crippen molar-refractivity contribution in [2.24, 2.45) is 0 Å². The van der Waals surface area contributed by atoms with Crippen molar-refractivity contribution in [3.8, 4) is 17.0 Å². The molecule has 1 fully saturated rings. The van der Waals surface area contributed by atoms with Crippen LogP contribution in [-0.4, -0.2) is 70.0 Å². The van der Waals surface area contributed by atoms with Crippen LogP contribution in [0.15, 0.2) is 30.6 Å². The molecule has 1 aromatic carbocycles. The maximum atomic E-state index is 14.1. The van der Waals surface area contributed by atoms with E-state index in [0.29, 0.717) is 45.4 Å². The molecule has 0 spiro atoms. The van der Waals surface area contributed by atoms with Gasteiger partial charge >= 0.3 is 0 Å². The molecule has 2 aromatic heterocycles. The zero-order valence-corrected chi connectivity index (χ0v) is 21.0. The molecule has 0 unspecified atom stereocenters. The van der Waals surface area contributed by atoms with Crippen LogP contribution >= 0.6 is 0 Å². The third-order valence-corrected chi connectivity index (χ3v) is 6.77. The maximum Gasteiger partial charge on any atom is 0.248 e. The Bertz CT molecular complexity index is 1280. The van der Waals surface area contributed by atoms with Crippen LogP contribution in [0.4, 0.5) is 14.6 Å². The molecule has 5 rings (SSSR count). The van der Waals surface area contributed by atoms with Gasteiger partial charge in [-0.05, 0) is 19.1 Å². The first-order valence-corrected chi connectivity index (χ1v) is 12.5. The molecular formula is C26H30F2N6O3. The Kier molecular flexibility index (Phi) is 7.31. The van der Waals surface area contributed by atoms with Crippen LogP contribution < -0.4 is 9.64 Å². The molecule has 11 heteroatoms. The number of rotatable bonds is 7. The molecule has 0 saturated carbocycles. The molecular weight excluding hydrogens is 482 g/mol. The number of amides is 1. The summed E-state index contributed by atoms with van der Waals surface area (Å²) in [5.74, 6) is -0.558. The number of halogens is 2. The molecule has 2 aliphatic heterocycles. The summed E-state index contributed by atoms with van der Waals surface area (Å²) < 4.78 is 40.0. The Morgan fingerprint density at radius 2 is 1.95 bits per heavy atom. The fraction of sp³-hybridized carbons (Fsp3) is 0.462. The average Bonchev–Trinajstić information content (AvgIpc) is 3.39. The number of aryl methyl sites for hydroxylation is 1. The minimum Gasteiger partial charge on any atom is -0.487 e. The van der Waals surface area contributed by atoms with Crippen molar-refractivity contribution in [1.29, 1.82) is 0 Å². The van der Waals surface area contributed by atoms with Crippen molar-refractivity contribution in [1.82, 2.24) is 24.6 Å². The summed E-state index contributed by atoms with van der Waals surface area (Å²) in [5.41, 5.74) is 3.25. The Morgan fingerprint density at radius 1 is 1.14 bits per heavy atom. The second-order valence-corrected chi connectivity index (χ2v) is 9.25. The first kappa shape index (κ1) is 25.1.